The summed E-state index contributed by atoms with van der Waals surface area (Å²) in [6.45, 7) is 1.86. The van der Waals surface area contributed by atoms with Crippen molar-refractivity contribution < 1.29 is 4.79 Å². The number of rotatable bonds is 5. The third-order valence-corrected chi connectivity index (χ3v) is 4.51. The lowest BCUT2D eigenvalue weighted by Crippen LogP contribution is -2.30. The molecule has 1 unspecified atom stereocenters. The van der Waals surface area contributed by atoms with Gasteiger partial charge in [-0.25, -0.2) is 9.67 Å². The van der Waals surface area contributed by atoms with Gasteiger partial charge in [0.2, 0.25) is 0 Å². The SMILES string of the molecule is Cc1c(C(=O)NC(c2ccccc2)c2ccccn2)cnn1-c1ccccn1. The molecule has 1 amide bonds. The van der Waals surface area contributed by atoms with Crippen LogP contribution < -0.4 is 5.32 Å². The molecule has 0 aliphatic rings. The van der Waals surface area contributed by atoms with Crippen LogP contribution in [0.4, 0.5) is 0 Å². The number of carbonyl (C=O) groups excluding carboxylic acids is 1. The van der Waals surface area contributed by atoms with Crippen molar-refractivity contribution in [2.75, 3.05) is 0 Å². The number of nitrogens with one attached hydrogen (secondary N) is 1. The van der Waals surface area contributed by atoms with E-state index < -0.39 is 0 Å². The number of nitrogens with zero attached hydrogens (tertiary/aromatic N) is 4. The van der Waals surface area contributed by atoms with Gasteiger partial charge in [-0.15, -0.1) is 0 Å². The molecule has 6 nitrogen and oxygen atoms in total. The normalized spacial score (nSPS) is 11.8. The first-order valence-corrected chi connectivity index (χ1v) is 8.97. The predicted octanol–water partition coefficient (Wildman–Crippen LogP) is 3.49. The molecule has 4 aromatic rings. The molecule has 3 heterocycles. The fraction of sp³-hybridized carbons (Fsp3) is 0.0909. The Morgan fingerprint density at radius 2 is 1.64 bits per heavy atom. The third-order valence-electron chi connectivity index (χ3n) is 4.51. The van der Waals surface area contributed by atoms with E-state index >= 15 is 0 Å². The van der Waals surface area contributed by atoms with Gasteiger partial charge in [-0.05, 0) is 36.8 Å². The molecule has 138 valence electrons. The lowest BCUT2D eigenvalue weighted by Gasteiger charge is -2.18. The summed E-state index contributed by atoms with van der Waals surface area (Å²) >= 11 is 0. The molecule has 0 radical (unpaired) electrons. The summed E-state index contributed by atoms with van der Waals surface area (Å²) in [4.78, 5) is 21.8. The number of pyridine rings is 2. The Bertz CT molecular complexity index is 1020. The highest BCUT2D eigenvalue weighted by molar-refractivity contribution is 5.95. The molecule has 3 aromatic heterocycles. The summed E-state index contributed by atoms with van der Waals surface area (Å²) in [5.74, 6) is 0.461. The van der Waals surface area contributed by atoms with Gasteiger partial charge in [0.25, 0.3) is 5.91 Å². The summed E-state index contributed by atoms with van der Waals surface area (Å²) in [5.41, 5.74) is 2.97. The zero-order chi connectivity index (χ0) is 19.3. The molecular formula is C22H19N5O. The van der Waals surface area contributed by atoms with E-state index in [1.165, 1.54) is 0 Å². The summed E-state index contributed by atoms with van der Waals surface area (Å²) in [6.07, 6.45) is 4.99. The first-order valence-electron chi connectivity index (χ1n) is 8.97. The van der Waals surface area contributed by atoms with Crippen LogP contribution in [0.2, 0.25) is 0 Å². The Kier molecular flexibility index (Phi) is 4.93. The smallest absolute Gasteiger partial charge is 0.255 e. The Morgan fingerprint density at radius 3 is 2.32 bits per heavy atom. The van der Waals surface area contributed by atoms with Crippen molar-refractivity contribution in [1.82, 2.24) is 25.1 Å². The van der Waals surface area contributed by atoms with E-state index in [1.807, 2.05) is 73.7 Å². The van der Waals surface area contributed by atoms with Gasteiger partial charge in [0.05, 0.1) is 29.2 Å². The topological polar surface area (TPSA) is 72.7 Å². The molecule has 0 aliphatic carbocycles. The van der Waals surface area contributed by atoms with Crippen molar-refractivity contribution in [3.63, 3.8) is 0 Å². The minimum absolute atomic E-state index is 0.209. The summed E-state index contributed by atoms with van der Waals surface area (Å²) in [7, 11) is 0. The predicted molar refractivity (Wildman–Crippen MR) is 106 cm³/mol. The van der Waals surface area contributed by atoms with E-state index in [1.54, 1.807) is 23.3 Å². The lowest BCUT2D eigenvalue weighted by molar-refractivity contribution is 0.0941. The van der Waals surface area contributed by atoms with Crippen molar-refractivity contribution in [2.45, 2.75) is 13.0 Å². The van der Waals surface area contributed by atoms with Gasteiger partial charge < -0.3 is 5.32 Å². The molecule has 0 saturated heterocycles. The molecule has 0 aliphatic heterocycles. The molecular weight excluding hydrogens is 350 g/mol. The molecule has 4 rings (SSSR count). The fourth-order valence-electron chi connectivity index (χ4n) is 3.07. The largest absolute Gasteiger partial charge is 0.339 e. The van der Waals surface area contributed by atoms with Crippen molar-refractivity contribution >= 4 is 5.91 Å². The van der Waals surface area contributed by atoms with Crippen molar-refractivity contribution in [3.05, 3.63) is 108 Å². The molecule has 1 aromatic carbocycles. The van der Waals surface area contributed by atoms with Crippen LogP contribution in [0.15, 0.2) is 85.3 Å². The second-order valence-corrected chi connectivity index (χ2v) is 6.32. The third kappa shape index (κ3) is 3.53. The standard InChI is InChI=1S/C22H19N5O/c1-16-18(15-25-27(16)20-12-6-8-14-24-20)22(28)26-21(17-9-3-2-4-10-17)19-11-5-7-13-23-19/h2-15,21H,1H3,(H,26,28). The number of hydrogen-bond acceptors (Lipinski definition) is 4. The lowest BCUT2D eigenvalue weighted by atomic mass is 10.0. The summed E-state index contributed by atoms with van der Waals surface area (Å²) in [6, 6.07) is 20.7. The molecule has 0 bridgehead atoms. The number of carbonyl (C=O) groups is 1. The maximum Gasteiger partial charge on any atom is 0.255 e. The van der Waals surface area contributed by atoms with E-state index in [4.69, 9.17) is 0 Å². The Hall–Kier alpha value is -3.80. The van der Waals surface area contributed by atoms with Gasteiger partial charge in [-0.3, -0.25) is 9.78 Å². The molecule has 28 heavy (non-hydrogen) atoms. The number of aromatic nitrogens is 4. The molecule has 1 atom stereocenters. The average molecular weight is 369 g/mol. The molecule has 0 saturated carbocycles. The molecule has 6 heteroatoms. The van der Waals surface area contributed by atoms with Crippen molar-refractivity contribution in [2.24, 2.45) is 0 Å². The van der Waals surface area contributed by atoms with Gasteiger partial charge >= 0.3 is 0 Å². The van der Waals surface area contributed by atoms with Crippen LogP contribution in [0.1, 0.15) is 33.4 Å². The fourth-order valence-corrected chi connectivity index (χ4v) is 3.07. The number of amides is 1. The monoisotopic (exact) mass is 369 g/mol. The molecule has 1 N–H and O–H groups in total. The Labute approximate surface area is 162 Å². The van der Waals surface area contributed by atoms with E-state index in [-0.39, 0.29) is 11.9 Å². The number of benzene rings is 1. The van der Waals surface area contributed by atoms with Crippen LogP contribution in [0, 0.1) is 6.92 Å². The van der Waals surface area contributed by atoms with Crippen molar-refractivity contribution in [3.8, 4) is 5.82 Å². The van der Waals surface area contributed by atoms with E-state index in [0.717, 1.165) is 17.0 Å². The van der Waals surface area contributed by atoms with Crippen LogP contribution in [0.25, 0.3) is 5.82 Å². The van der Waals surface area contributed by atoms with Crippen LogP contribution >= 0.6 is 0 Å². The maximum atomic E-state index is 13.1. The summed E-state index contributed by atoms with van der Waals surface area (Å²) in [5, 5.41) is 7.43. The van der Waals surface area contributed by atoms with Crippen LogP contribution in [-0.2, 0) is 0 Å². The maximum absolute atomic E-state index is 13.1. The van der Waals surface area contributed by atoms with E-state index in [9.17, 15) is 4.79 Å². The Balaban J connectivity index is 1.65. The first-order chi connectivity index (χ1) is 13.7. The molecule has 0 spiro atoms. The van der Waals surface area contributed by atoms with Gasteiger partial charge in [0.1, 0.15) is 0 Å². The van der Waals surface area contributed by atoms with Gasteiger partial charge in [-0.2, -0.15) is 5.10 Å². The summed E-state index contributed by atoms with van der Waals surface area (Å²) < 4.78 is 1.66. The zero-order valence-electron chi connectivity index (χ0n) is 15.4. The average Bonchev–Trinajstić information content (AvgIpc) is 3.15. The van der Waals surface area contributed by atoms with Gasteiger partial charge in [0.15, 0.2) is 5.82 Å². The second kappa shape index (κ2) is 7.84. The van der Waals surface area contributed by atoms with Crippen LogP contribution in [-0.4, -0.2) is 25.7 Å². The quantitative estimate of drug-likeness (QED) is 0.584. The van der Waals surface area contributed by atoms with Crippen LogP contribution in [0.5, 0.6) is 0 Å². The Morgan fingerprint density at radius 1 is 0.929 bits per heavy atom. The zero-order valence-corrected chi connectivity index (χ0v) is 15.4. The highest BCUT2D eigenvalue weighted by atomic mass is 16.1. The first kappa shape index (κ1) is 17.6. The van der Waals surface area contributed by atoms with Crippen molar-refractivity contribution in [1.29, 1.82) is 0 Å². The van der Waals surface area contributed by atoms with Crippen LogP contribution in [0.3, 0.4) is 0 Å². The highest BCUT2D eigenvalue weighted by Gasteiger charge is 2.22. The molecule has 0 fully saturated rings. The highest BCUT2D eigenvalue weighted by Crippen LogP contribution is 2.21. The van der Waals surface area contributed by atoms with E-state index in [0.29, 0.717) is 11.4 Å². The number of hydrogen-bond donors (Lipinski definition) is 1. The minimum atomic E-state index is -0.354. The van der Waals surface area contributed by atoms with Gasteiger partial charge in [-0.1, -0.05) is 42.5 Å². The van der Waals surface area contributed by atoms with Gasteiger partial charge in [0, 0.05) is 12.4 Å². The minimum Gasteiger partial charge on any atom is -0.339 e. The second-order valence-electron chi connectivity index (χ2n) is 6.32. The van der Waals surface area contributed by atoms with E-state index in [2.05, 4.69) is 20.4 Å².